The van der Waals surface area contributed by atoms with Crippen LogP contribution in [0.4, 0.5) is 0 Å². The molecule has 1 fully saturated rings. The fourth-order valence-corrected chi connectivity index (χ4v) is 3.10. The fourth-order valence-electron chi connectivity index (χ4n) is 3.10. The Bertz CT molecular complexity index is 750. The highest BCUT2D eigenvalue weighted by molar-refractivity contribution is 6.00. The maximum absolute atomic E-state index is 13.1. The molecule has 0 radical (unpaired) electrons. The number of benzene rings is 1. The summed E-state index contributed by atoms with van der Waals surface area (Å²) >= 11 is 0. The predicted octanol–water partition coefficient (Wildman–Crippen LogP) is 2.29. The zero-order valence-electron chi connectivity index (χ0n) is 14.9. The van der Waals surface area contributed by atoms with Crippen LogP contribution in [0.25, 0.3) is 0 Å². The van der Waals surface area contributed by atoms with Gasteiger partial charge in [0.2, 0.25) is 0 Å². The van der Waals surface area contributed by atoms with Gasteiger partial charge in [-0.25, -0.2) is 0 Å². The molecule has 0 bridgehead atoms. The number of rotatable bonds is 4. The molecule has 3 rings (SSSR count). The van der Waals surface area contributed by atoms with Gasteiger partial charge >= 0.3 is 0 Å². The van der Waals surface area contributed by atoms with E-state index in [-0.39, 0.29) is 11.8 Å². The number of nitrogens with zero attached hydrogens (tertiary/aromatic N) is 2. The van der Waals surface area contributed by atoms with Gasteiger partial charge in [-0.05, 0) is 30.7 Å². The molecule has 1 saturated heterocycles. The number of hydrogen-bond acceptors (Lipinski definition) is 5. The van der Waals surface area contributed by atoms with Crippen molar-refractivity contribution in [3.63, 3.8) is 0 Å². The van der Waals surface area contributed by atoms with Crippen LogP contribution in [0.15, 0.2) is 41.0 Å². The van der Waals surface area contributed by atoms with E-state index in [0.29, 0.717) is 55.4 Å². The van der Waals surface area contributed by atoms with Gasteiger partial charge in [-0.15, -0.1) is 0 Å². The van der Waals surface area contributed by atoms with E-state index < -0.39 is 0 Å². The van der Waals surface area contributed by atoms with Gasteiger partial charge in [0.25, 0.3) is 11.8 Å². The molecule has 0 aliphatic carbocycles. The van der Waals surface area contributed by atoms with Crippen LogP contribution in [-0.4, -0.2) is 62.0 Å². The van der Waals surface area contributed by atoms with Gasteiger partial charge in [-0.2, -0.15) is 0 Å². The minimum absolute atomic E-state index is 0.154. The molecule has 1 aromatic carbocycles. The summed E-state index contributed by atoms with van der Waals surface area (Å²) in [6.45, 7) is 2.02. The molecular formula is C19H22N2O5. The van der Waals surface area contributed by atoms with Crippen molar-refractivity contribution < 1.29 is 23.5 Å². The van der Waals surface area contributed by atoms with Gasteiger partial charge in [0, 0.05) is 26.2 Å². The van der Waals surface area contributed by atoms with Crippen LogP contribution in [0.3, 0.4) is 0 Å². The highest BCUT2D eigenvalue weighted by Gasteiger charge is 2.27. The highest BCUT2D eigenvalue weighted by Crippen LogP contribution is 2.30. The Hall–Kier alpha value is -2.96. The molecule has 2 heterocycles. The fraction of sp³-hybridized carbons (Fsp3) is 0.368. The van der Waals surface area contributed by atoms with Crippen molar-refractivity contribution in [1.82, 2.24) is 9.80 Å². The molecule has 1 aromatic heterocycles. The summed E-state index contributed by atoms with van der Waals surface area (Å²) in [4.78, 5) is 29.0. The Morgan fingerprint density at radius 2 is 1.50 bits per heavy atom. The number of furan rings is 1. The Balaban J connectivity index is 1.75. The summed E-state index contributed by atoms with van der Waals surface area (Å²) < 4.78 is 15.9. The Kier molecular flexibility index (Phi) is 5.46. The zero-order chi connectivity index (χ0) is 18.5. The molecule has 0 atom stereocenters. The van der Waals surface area contributed by atoms with Crippen molar-refractivity contribution >= 4 is 11.8 Å². The number of carbonyl (C=O) groups excluding carboxylic acids is 2. The smallest absolute Gasteiger partial charge is 0.289 e. The van der Waals surface area contributed by atoms with Gasteiger partial charge in [0.15, 0.2) is 5.76 Å². The highest BCUT2D eigenvalue weighted by atomic mass is 16.5. The topological polar surface area (TPSA) is 72.2 Å². The van der Waals surface area contributed by atoms with E-state index in [4.69, 9.17) is 13.9 Å². The van der Waals surface area contributed by atoms with Crippen molar-refractivity contribution in [3.8, 4) is 11.5 Å². The van der Waals surface area contributed by atoms with Crippen LogP contribution < -0.4 is 9.47 Å². The summed E-state index contributed by atoms with van der Waals surface area (Å²) in [6.07, 6.45) is 2.17. The Labute approximate surface area is 152 Å². The van der Waals surface area contributed by atoms with E-state index in [2.05, 4.69) is 0 Å². The largest absolute Gasteiger partial charge is 0.496 e. The molecular weight excluding hydrogens is 336 g/mol. The van der Waals surface area contributed by atoms with Gasteiger partial charge < -0.3 is 23.7 Å². The van der Waals surface area contributed by atoms with E-state index in [0.717, 1.165) is 0 Å². The first-order valence-electron chi connectivity index (χ1n) is 8.48. The average Bonchev–Trinajstić information content (AvgIpc) is 3.10. The number of carbonyl (C=O) groups is 2. The van der Waals surface area contributed by atoms with E-state index in [1.54, 1.807) is 40.1 Å². The van der Waals surface area contributed by atoms with Crippen LogP contribution in [0.5, 0.6) is 11.5 Å². The minimum atomic E-state index is -0.161. The molecule has 1 aliphatic heterocycles. The maximum Gasteiger partial charge on any atom is 0.289 e. The molecule has 1 aliphatic rings. The lowest BCUT2D eigenvalue weighted by atomic mass is 10.1. The molecule has 7 heteroatoms. The van der Waals surface area contributed by atoms with Crippen LogP contribution in [0.1, 0.15) is 27.3 Å². The number of amides is 2. The Morgan fingerprint density at radius 3 is 2.04 bits per heavy atom. The lowest BCUT2D eigenvalue weighted by Gasteiger charge is -2.23. The minimum Gasteiger partial charge on any atom is -0.496 e. The van der Waals surface area contributed by atoms with Crippen LogP contribution in [-0.2, 0) is 0 Å². The van der Waals surface area contributed by atoms with Crippen molar-refractivity contribution in [2.75, 3.05) is 40.4 Å². The van der Waals surface area contributed by atoms with Gasteiger partial charge in [-0.3, -0.25) is 9.59 Å². The molecule has 2 aromatic rings. The van der Waals surface area contributed by atoms with Crippen LogP contribution >= 0.6 is 0 Å². The molecule has 0 N–H and O–H groups in total. The standard InChI is InChI=1S/C19H22N2O5/c1-24-14-6-3-7-15(25-2)17(14)19(23)21-10-5-9-20(11-12-21)18(22)16-8-4-13-26-16/h3-4,6-8,13H,5,9-12H2,1-2H3. The van der Waals surface area contributed by atoms with Crippen molar-refractivity contribution in [2.45, 2.75) is 6.42 Å². The second kappa shape index (κ2) is 7.95. The van der Waals surface area contributed by atoms with Crippen molar-refractivity contribution in [1.29, 1.82) is 0 Å². The predicted molar refractivity (Wildman–Crippen MR) is 94.7 cm³/mol. The normalized spacial score (nSPS) is 14.7. The van der Waals surface area contributed by atoms with Crippen molar-refractivity contribution in [3.05, 3.63) is 47.9 Å². The average molecular weight is 358 g/mol. The first kappa shape index (κ1) is 17.8. The third-order valence-electron chi connectivity index (χ3n) is 4.44. The summed E-state index contributed by atoms with van der Waals surface area (Å²) in [7, 11) is 3.05. The number of ether oxygens (including phenoxy) is 2. The van der Waals surface area contributed by atoms with E-state index >= 15 is 0 Å². The third-order valence-corrected chi connectivity index (χ3v) is 4.44. The van der Waals surface area contributed by atoms with Crippen LogP contribution in [0, 0.1) is 0 Å². The van der Waals surface area contributed by atoms with Crippen LogP contribution in [0.2, 0.25) is 0 Å². The second-order valence-electron chi connectivity index (χ2n) is 5.95. The number of hydrogen-bond donors (Lipinski definition) is 0. The first-order chi connectivity index (χ1) is 12.7. The Morgan fingerprint density at radius 1 is 0.885 bits per heavy atom. The van der Waals surface area contributed by atoms with Crippen molar-refractivity contribution in [2.24, 2.45) is 0 Å². The molecule has 0 spiro atoms. The maximum atomic E-state index is 13.1. The molecule has 0 saturated carbocycles. The second-order valence-corrected chi connectivity index (χ2v) is 5.95. The summed E-state index contributed by atoms with van der Waals surface area (Å²) in [5.41, 5.74) is 0.406. The monoisotopic (exact) mass is 358 g/mol. The lowest BCUT2D eigenvalue weighted by molar-refractivity contribution is 0.0697. The molecule has 26 heavy (non-hydrogen) atoms. The van der Waals surface area contributed by atoms with E-state index in [1.165, 1.54) is 20.5 Å². The van der Waals surface area contributed by atoms with Gasteiger partial charge in [0.1, 0.15) is 17.1 Å². The van der Waals surface area contributed by atoms with E-state index in [1.807, 2.05) is 0 Å². The van der Waals surface area contributed by atoms with Gasteiger partial charge in [0.05, 0.1) is 20.5 Å². The number of methoxy groups -OCH3 is 2. The SMILES string of the molecule is COc1cccc(OC)c1C(=O)N1CCCN(C(=O)c2ccco2)CC1. The van der Waals surface area contributed by atoms with E-state index in [9.17, 15) is 9.59 Å². The first-order valence-corrected chi connectivity index (χ1v) is 8.48. The summed E-state index contributed by atoms with van der Waals surface area (Å²) in [5, 5.41) is 0. The molecule has 7 nitrogen and oxygen atoms in total. The summed E-state index contributed by atoms with van der Waals surface area (Å²) in [5.74, 6) is 0.950. The lowest BCUT2D eigenvalue weighted by Crippen LogP contribution is -2.37. The molecule has 2 amide bonds. The zero-order valence-corrected chi connectivity index (χ0v) is 14.9. The molecule has 138 valence electrons. The molecule has 0 unspecified atom stereocenters. The quantitative estimate of drug-likeness (QED) is 0.838. The summed E-state index contributed by atoms with van der Waals surface area (Å²) in [6, 6.07) is 8.59. The van der Waals surface area contributed by atoms with Gasteiger partial charge in [-0.1, -0.05) is 6.07 Å². The third kappa shape index (κ3) is 3.51.